The van der Waals surface area contributed by atoms with Gasteiger partial charge in [0.25, 0.3) is 11.5 Å². The van der Waals surface area contributed by atoms with Crippen LogP contribution in [0.5, 0.6) is 5.75 Å². The molecular formula is C18H19FN4O4. The maximum absolute atomic E-state index is 13.0. The van der Waals surface area contributed by atoms with Gasteiger partial charge in [0.15, 0.2) is 5.69 Å². The summed E-state index contributed by atoms with van der Waals surface area (Å²) in [6.07, 6.45) is 1.01. The van der Waals surface area contributed by atoms with E-state index in [4.69, 9.17) is 10.5 Å². The van der Waals surface area contributed by atoms with E-state index in [9.17, 15) is 19.1 Å². The van der Waals surface area contributed by atoms with Gasteiger partial charge in [-0.25, -0.2) is 9.37 Å². The number of halogens is 1. The number of nitrogens with zero attached hydrogens (tertiary/aromatic N) is 2. The lowest BCUT2D eigenvalue weighted by atomic mass is 9.96. The van der Waals surface area contributed by atoms with Crippen LogP contribution in [0.15, 0.2) is 29.1 Å². The van der Waals surface area contributed by atoms with Crippen LogP contribution < -0.4 is 16.6 Å². The van der Waals surface area contributed by atoms with Gasteiger partial charge in [-0.3, -0.25) is 14.2 Å². The van der Waals surface area contributed by atoms with E-state index in [0.717, 1.165) is 0 Å². The van der Waals surface area contributed by atoms with E-state index in [1.807, 2.05) is 0 Å². The predicted molar refractivity (Wildman–Crippen MR) is 92.6 cm³/mol. The van der Waals surface area contributed by atoms with Crippen molar-refractivity contribution in [2.75, 3.05) is 6.61 Å². The Labute approximate surface area is 153 Å². The Hall–Kier alpha value is -2.78. The van der Waals surface area contributed by atoms with E-state index < -0.39 is 22.8 Å². The average Bonchev–Trinajstić information content (AvgIpc) is 2.97. The number of aromatic hydroxyl groups is 1. The first kappa shape index (κ1) is 17.6. The van der Waals surface area contributed by atoms with Gasteiger partial charge in [0, 0.05) is 19.5 Å². The summed E-state index contributed by atoms with van der Waals surface area (Å²) in [5, 5.41) is 12.8. The van der Waals surface area contributed by atoms with E-state index in [1.165, 1.54) is 28.8 Å². The fourth-order valence-corrected chi connectivity index (χ4v) is 3.56. The van der Waals surface area contributed by atoms with Crippen molar-refractivity contribution in [1.82, 2.24) is 14.9 Å². The van der Waals surface area contributed by atoms with Crippen LogP contribution in [0.25, 0.3) is 0 Å². The molecule has 2 bridgehead atoms. The van der Waals surface area contributed by atoms with E-state index in [-0.39, 0.29) is 36.6 Å². The first-order chi connectivity index (χ1) is 12.9. The molecule has 1 aromatic heterocycles. The number of rotatable bonds is 3. The second-order valence-corrected chi connectivity index (χ2v) is 6.98. The second kappa shape index (κ2) is 6.43. The van der Waals surface area contributed by atoms with Crippen LogP contribution in [-0.4, -0.2) is 33.3 Å². The Morgan fingerprint density at radius 2 is 2.19 bits per heavy atom. The molecule has 4 N–H and O–H groups in total. The number of nitrogens with one attached hydrogen (secondary N) is 1. The Kier molecular flexibility index (Phi) is 4.20. The maximum Gasteiger partial charge on any atom is 0.296 e. The lowest BCUT2D eigenvalue weighted by Gasteiger charge is -2.24. The van der Waals surface area contributed by atoms with Crippen LogP contribution in [0.4, 0.5) is 4.39 Å². The lowest BCUT2D eigenvalue weighted by Crippen LogP contribution is -2.44. The molecule has 9 heteroatoms. The van der Waals surface area contributed by atoms with Crippen LogP contribution in [0, 0.1) is 5.82 Å². The zero-order chi connectivity index (χ0) is 19.2. The summed E-state index contributed by atoms with van der Waals surface area (Å²) in [6, 6.07) is 5.61. The highest BCUT2D eigenvalue weighted by atomic mass is 19.1. The molecule has 0 aliphatic carbocycles. The molecule has 2 aliphatic heterocycles. The topological polar surface area (TPSA) is 119 Å². The Balaban J connectivity index is 1.65. The van der Waals surface area contributed by atoms with Gasteiger partial charge in [0.2, 0.25) is 5.75 Å². The molecule has 2 unspecified atom stereocenters. The molecule has 2 aromatic rings. The number of amides is 1. The van der Waals surface area contributed by atoms with Crippen molar-refractivity contribution in [3.8, 4) is 5.75 Å². The van der Waals surface area contributed by atoms with Gasteiger partial charge >= 0.3 is 0 Å². The fourth-order valence-electron chi connectivity index (χ4n) is 3.56. The van der Waals surface area contributed by atoms with E-state index in [2.05, 4.69) is 10.3 Å². The van der Waals surface area contributed by atoms with Crippen LogP contribution in [0.3, 0.4) is 0 Å². The molecular weight excluding hydrogens is 355 g/mol. The van der Waals surface area contributed by atoms with Gasteiger partial charge in [0.1, 0.15) is 17.2 Å². The molecule has 3 heterocycles. The van der Waals surface area contributed by atoms with Crippen molar-refractivity contribution in [2.45, 2.75) is 37.6 Å². The third-order valence-electron chi connectivity index (χ3n) is 5.02. The third kappa shape index (κ3) is 3.08. The van der Waals surface area contributed by atoms with Gasteiger partial charge in [-0.2, -0.15) is 0 Å². The first-order valence-electron chi connectivity index (χ1n) is 8.65. The van der Waals surface area contributed by atoms with Crippen molar-refractivity contribution in [2.24, 2.45) is 5.73 Å². The molecule has 8 nitrogen and oxygen atoms in total. The Morgan fingerprint density at radius 1 is 1.44 bits per heavy atom. The lowest BCUT2D eigenvalue weighted by molar-refractivity contribution is 0.0862. The molecule has 2 aliphatic rings. The van der Waals surface area contributed by atoms with Crippen molar-refractivity contribution in [1.29, 1.82) is 0 Å². The van der Waals surface area contributed by atoms with Gasteiger partial charge in [-0.15, -0.1) is 0 Å². The van der Waals surface area contributed by atoms with E-state index in [1.54, 1.807) is 0 Å². The van der Waals surface area contributed by atoms with Crippen LogP contribution >= 0.6 is 0 Å². The summed E-state index contributed by atoms with van der Waals surface area (Å²) in [4.78, 5) is 29.3. The minimum Gasteiger partial charge on any atom is -0.501 e. The van der Waals surface area contributed by atoms with Crippen molar-refractivity contribution >= 4 is 5.91 Å². The number of nitrogens with two attached hydrogens (primary N) is 1. The summed E-state index contributed by atoms with van der Waals surface area (Å²) in [5.74, 6) is -1.55. The molecule has 0 radical (unpaired) electrons. The molecule has 4 rings (SSSR count). The highest BCUT2D eigenvalue weighted by Gasteiger charge is 2.44. The first-order valence-corrected chi connectivity index (χ1v) is 8.65. The minimum absolute atomic E-state index is 0.0750. The fraction of sp³-hybridized carbons (Fsp3) is 0.389. The normalized spacial score (nSPS) is 23.6. The maximum atomic E-state index is 13.0. The van der Waals surface area contributed by atoms with Gasteiger partial charge in [0.05, 0.1) is 12.7 Å². The highest BCUT2D eigenvalue weighted by molar-refractivity contribution is 5.94. The number of hydrogen-bond donors (Lipinski definition) is 3. The second-order valence-electron chi connectivity index (χ2n) is 6.98. The number of aromatic nitrogens is 2. The molecule has 1 fully saturated rings. The summed E-state index contributed by atoms with van der Waals surface area (Å²) >= 11 is 0. The third-order valence-corrected chi connectivity index (χ3v) is 5.02. The largest absolute Gasteiger partial charge is 0.501 e. The quantitative estimate of drug-likeness (QED) is 0.714. The Bertz CT molecular complexity index is 959. The molecule has 0 saturated carbocycles. The van der Waals surface area contributed by atoms with Crippen molar-refractivity contribution in [3.63, 3.8) is 0 Å². The molecule has 1 amide bonds. The molecule has 2 atom stereocenters. The molecule has 142 valence electrons. The van der Waals surface area contributed by atoms with Crippen LogP contribution in [0.1, 0.15) is 34.7 Å². The molecule has 27 heavy (non-hydrogen) atoms. The average molecular weight is 374 g/mol. The smallest absolute Gasteiger partial charge is 0.296 e. The number of benzene rings is 1. The van der Waals surface area contributed by atoms with E-state index >= 15 is 0 Å². The number of hydrogen-bond acceptors (Lipinski definition) is 6. The monoisotopic (exact) mass is 374 g/mol. The molecule has 1 saturated heterocycles. The van der Waals surface area contributed by atoms with Crippen molar-refractivity contribution < 1.29 is 19.0 Å². The van der Waals surface area contributed by atoms with Gasteiger partial charge in [-0.1, -0.05) is 12.1 Å². The standard InChI is InChI=1S/C18H19FN4O4/c19-11-3-1-10(2-4-11)8-21-15(25)13-14(24)16(26)23-6-5-12-7-18(20,9-27-12)17(23)22-13/h1-4,12,24H,5-9,20H2,(H,21,25). The summed E-state index contributed by atoms with van der Waals surface area (Å²) in [7, 11) is 0. The molecule has 1 aromatic carbocycles. The predicted octanol–water partition coefficient (Wildman–Crippen LogP) is 0.365. The molecule has 0 spiro atoms. The van der Waals surface area contributed by atoms with E-state index in [0.29, 0.717) is 24.9 Å². The zero-order valence-electron chi connectivity index (χ0n) is 14.4. The zero-order valence-corrected chi connectivity index (χ0v) is 14.4. The van der Waals surface area contributed by atoms with Crippen LogP contribution in [0.2, 0.25) is 0 Å². The van der Waals surface area contributed by atoms with Crippen molar-refractivity contribution in [3.05, 3.63) is 57.5 Å². The minimum atomic E-state index is -0.972. The Morgan fingerprint density at radius 3 is 2.93 bits per heavy atom. The van der Waals surface area contributed by atoms with Crippen LogP contribution in [-0.2, 0) is 23.4 Å². The number of carbonyl (C=O) groups excluding carboxylic acids is 1. The van der Waals surface area contributed by atoms with Gasteiger partial charge < -0.3 is 20.9 Å². The SMILES string of the molecule is NC12COC(CCn3c1nc(C(=O)NCc1ccc(F)cc1)c(O)c3=O)C2. The number of ether oxygens (including phenoxy) is 1. The summed E-state index contributed by atoms with van der Waals surface area (Å²) < 4.78 is 19.9. The number of carbonyl (C=O) groups is 1. The van der Waals surface area contributed by atoms with Gasteiger partial charge in [-0.05, 0) is 24.1 Å². The summed E-state index contributed by atoms with van der Waals surface area (Å²) in [5.41, 5.74) is 5.01. The number of fused-ring (bicyclic) bond motifs is 4. The summed E-state index contributed by atoms with van der Waals surface area (Å²) in [6.45, 7) is 0.610. The highest BCUT2D eigenvalue weighted by Crippen LogP contribution is 2.35.